The van der Waals surface area contributed by atoms with Crippen LogP contribution in [0.5, 0.6) is 5.75 Å². The Kier molecular flexibility index (Phi) is 3.17. The van der Waals surface area contributed by atoms with Gasteiger partial charge in [-0.15, -0.1) is 0 Å². The smallest absolute Gasteiger partial charge is 0.125 e. The number of fused-ring (bicyclic) bond motifs is 4. The highest BCUT2D eigenvalue weighted by atomic mass is 16.5. The van der Waals surface area contributed by atoms with Crippen molar-refractivity contribution in [3.05, 3.63) is 41.1 Å². The molecular weight excluding hydrogens is 312 g/mol. The summed E-state index contributed by atoms with van der Waals surface area (Å²) >= 11 is 0. The number of piperidine rings is 3. The van der Waals surface area contributed by atoms with Crippen molar-refractivity contribution in [1.82, 2.24) is 9.47 Å². The third kappa shape index (κ3) is 1.83. The molecule has 0 spiro atoms. The zero-order chi connectivity index (χ0) is 17.3. The molecule has 1 aromatic carbocycles. The predicted molar refractivity (Wildman–Crippen MR) is 97.8 cm³/mol. The number of aryl methyl sites for hydroxylation is 1. The number of methoxy groups -OCH3 is 1. The minimum Gasteiger partial charge on any atom is -0.497 e. The lowest BCUT2D eigenvalue weighted by atomic mass is 9.64. The highest BCUT2D eigenvalue weighted by Crippen LogP contribution is 2.54. The van der Waals surface area contributed by atoms with Crippen LogP contribution >= 0.6 is 0 Å². The van der Waals surface area contributed by atoms with Gasteiger partial charge in [-0.25, -0.2) is 0 Å². The third-order valence-electron chi connectivity index (χ3n) is 6.87. The van der Waals surface area contributed by atoms with Crippen LogP contribution in [0.3, 0.4) is 0 Å². The monoisotopic (exact) mass is 336 g/mol. The van der Waals surface area contributed by atoms with Crippen LogP contribution in [0.1, 0.15) is 30.6 Å². The van der Waals surface area contributed by atoms with Gasteiger partial charge in [0.25, 0.3) is 0 Å². The molecule has 0 aliphatic carbocycles. The Morgan fingerprint density at radius 1 is 1.32 bits per heavy atom. The molecule has 4 bridgehead atoms. The Morgan fingerprint density at radius 2 is 2.16 bits per heavy atom. The maximum absolute atomic E-state index is 11.9. The second-order valence-corrected chi connectivity index (χ2v) is 7.68. The minimum atomic E-state index is 0.130. The fourth-order valence-electron chi connectivity index (χ4n) is 5.72. The van der Waals surface area contributed by atoms with Crippen LogP contribution in [0, 0.1) is 11.8 Å². The van der Waals surface area contributed by atoms with Gasteiger partial charge in [-0.3, -0.25) is 4.90 Å². The van der Waals surface area contributed by atoms with Crippen molar-refractivity contribution in [2.45, 2.75) is 31.8 Å². The van der Waals surface area contributed by atoms with E-state index in [1.54, 1.807) is 7.11 Å². The summed E-state index contributed by atoms with van der Waals surface area (Å²) in [6.45, 7) is 3.13. The van der Waals surface area contributed by atoms with Gasteiger partial charge in [-0.2, -0.15) is 0 Å². The Bertz CT molecular complexity index is 910. The molecule has 1 aromatic heterocycles. The first kappa shape index (κ1) is 15.2. The molecule has 3 saturated heterocycles. The third-order valence-corrected chi connectivity index (χ3v) is 6.87. The molecule has 4 nitrogen and oxygen atoms in total. The summed E-state index contributed by atoms with van der Waals surface area (Å²) in [4.78, 5) is 14.5. The second kappa shape index (κ2) is 5.21. The van der Waals surface area contributed by atoms with E-state index >= 15 is 0 Å². The number of hydrogen-bond donors (Lipinski definition) is 0. The number of rotatable bonds is 2. The predicted octanol–water partition coefficient (Wildman–Crippen LogP) is 3.25. The largest absolute Gasteiger partial charge is 0.497 e. The van der Waals surface area contributed by atoms with E-state index in [0.29, 0.717) is 18.0 Å². The lowest BCUT2D eigenvalue weighted by molar-refractivity contribution is -0.121. The normalized spacial score (nSPS) is 34.4. The molecule has 5 heterocycles. The van der Waals surface area contributed by atoms with E-state index in [1.165, 1.54) is 34.0 Å². The van der Waals surface area contributed by atoms with E-state index in [0.717, 1.165) is 25.1 Å². The molecular formula is C21H24N2O2. The molecule has 25 heavy (non-hydrogen) atoms. The number of allylic oxidation sites excluding steroid dienone is 1. The number of hydrogen-bond acceptors (Lipinski definition) is 3. The van der Waals surface area contributed by atoms with E-state index in [4.69, 9.17) is 4.74 Å². The van der Waals surface area contributed by atoms with Gasteiger partial charge in [0.15, 0.2) is 0 Å². The number of benzene rings is 1. The van der Waals surface area contributed by atoms with Gasteiger partial charge in [0.2, 0.25) is 0 Å². The molecule has 0 saturated carbocycles. The lowest BCUT2D eigenvalue weighted by Gasteiger charge is -2.57. The van der Waals surface area contributed by atoms with Crippen molar-refractivity contribution in [1.29, 1.82) is 0 Å². The Balaban J connectivity index is 1.72. The van der Waals surface area contributed by atoms with Crippen molar-refractivity contribution in [3.8, 4) is 5.75 Å². The number of aldehydes is 1. The van der Waals surface area contributed by atoms with Crippen molar-refractivity contribution in [2.75, 3.05) is 13.7 Å². The van der Waals surface area contributed by atoms with Crippen molar-refractivity contribution >= 4 is 17.2 Å². The average Bonchev–Trinajstić information content (AvgIpc) is 2.93. The Hall–Kier alpha value is -2.07. The Morgan fingerprint density at radius 3 is 2.88 bits per heavy atom. The van der Waals surface area contributed by atoms with E-state index in [2.05, 4.69) is 41.6 Å². The number of carbonyl (C=O) groups is 1. The maximum Gasteiger partial charge on any atom is 0.125 e. The molecule has 5 unspecified atom stereocenters. The van der Waals surface area contributed by atoms with Gasteiger partial charge >= 0.3 is 0 Å². The van der Waals surface area contributed by atoms with Gasteiger partial charge in [0, 0.05) is 42.1 Å². The number of nitrogens with zero attached hydrogens (tertiary/aromatic N) is 2. The molecule has 3 fully saturated rings. The van der Waals surface area contributed by atoms with Crippen molar-refractivity contribution in [3.63, 3.8) is 0 Å². The van der Waals surface area contributed by atoms with Gasteiger partial charge in [-0.1, -0.05) is 11.6 Å². The minimum absolute atomic E-state index is 0.130. The van der Waals surface area contributed by atoms with E-state index < -0.39 is 0 Å². The van der Waals surface area contributed by atoms with Gasteiger partial charge in [-0.05, 0) is 49.4 Å². The molecule has 4 aliphatic heterocycles. The fourth-order valence-corrected chi connectivity index (χ4v) is 5.72. The number of aromatic nitrogens is 1. The summed E-state index contributed by atoms with van der Waals surface area (Å²) in [6, 6.07) is 7.14. The summed E-state index contributed by atoms with van der Waals surface area (Å²) in [6.07, 6.45) is 5.48. The van der Waals surface area contributed by atoms with Crippen LogP contribution in [-0.4, -0.2) is 35.4 Å². The van der Waals surface area contributed by atoms with Crippen LogP contribution < -0.4 is 4.74 Å². The molecule has 0 N–H and O–H groups in total. The zero-order valence-electron chi connectivity index (χ0n) is 15.0. The summed E-state index contributed by atoms with van der Waals surface area (Å²) in [5.41, 5.74) is 5.60. The summed E-state index contributed by atoms with van der Waals surface area (Å²) in [5.74, 6) is 1.45. The first-order valence-corrected chi connectivity index (χ1v) is 9.19. The fraction of sp³-hybridized carbons (Fsp3) is 0.476. The molecule has 4 aliphatic rings. The summed E-state index contributed by atoms with van der Waals surface area (Å²) in [5, 5.41) is 1.29. The number of ether oxygens (including phenoxy) is 1. The van der Waals surface area contributed by atoms with E-state index in [-0.39, 0.29) is 5.92 Å². The first-order chi connectivity index (χ1) is 12.2. The van der Waals surface area contributed by atoms with E-state index in [9.17, 15) is 4.79 Å². The SMILES string of the molecule is C/C=C1/CN2C3CC1C(C=O)C2Cc1c3n(C)c2ccc(OC)cc12. The molecule has 0 radical (unpaired) electrons. The van der Waals surface area contributed by atoms with Gasteiger partial charge in [0.05, 0.1) is 13.2 Å². The van der Waals surface area contributed by atoms with Crippen LogP contribution in [0.2, 0.25) is 0 Å². The van der Waals surface area contributed by atoms with Crippen molar-refractivity contribution in [2.24, 2.45) is 18.9 Å². The highest BCUT2D eigenvalue weighted by molar-refractivity contribution is 5.87. The molecule has 5 atom stereocenters. The van der Waals surface area contributed by atoms with E-state index in [1.807, 2.05) is 6.07 Å². The van der Waals surface area contributed by atoms with Crippen LogP contribution in [0.25, 0.3) is 10.9 Å². The lowest BCUT2D eigenvalue weighted by Crippen LogP contribution is -2.60. The zero-order valence-corrected chi connectivity index (χ0v) is 15.0. The average molecular weight is 336 g/mol. The van der Waals surface area contributed by atoms with Crippen LogP contribution in [0.15, 0.2) is 29.8 Å². The number of carbonyl (C=O) groups excluding carboxylic acids is 1. The molecule has 0 amide bonds. The first-order valence-electron chi connectivity index (χ1n) is 9.19. The molecule has 2 aromatic rings. The molecule has 4 heteroatoms. The van der Waals surface area contributed by atoms with Gasteiger partial charge < -0.3 is 14.1 Å². The standard InChI is InChI=1S/C21H24N2O2/c1-4-12-10-23-19-9-16-15-7-13(25-3)5-6-18(15)22(2)21(16)20(23)8-14(12)17(19)11-24/h4-7,11,14,17,19-20H,8-10H2,1-3H3/b12-4-. The summed E-state index contributed by atoms with van der Waals surface area (Å²) in [7, 11) is 3.90. The topological polar surface area (TPSA) is 34.5 Å². The molecule has 130 valence electrons. The van der Waals surface area contributed by atoms with Crippen LogP contribution in [0.4, 0.5) is 0 Å². The Labute approximate surface area is 148 Å². The second-order valence-electron chi connectivity index (χ2n) is 7.68. The maximum atomic E-state index is 11.9. The van der Waals surface area contributed by atoms with Crippen LogP contribution in [-0.2, 0) is 18.3 Å². The quantitative estimate of drug-likeness (QED) is 0.624. The highest BCUT2D eigenvalue weighted by Gasteiger charge is 2.53. The molecule has 6 rings (SSSR count). The summed E-state index contributed by atoms with van der Waals surface area (Å²) < 4.78 is 7.83. The van der Waals surface area contributed by atoms with Gasteiger partial charge in [0.1, 0.15) is 12.0 Å². The van der Waals surface area contributed by atoms with Crippen molar-refractivity contribution < 1.29 is 9.53 Å².